The van der Waals surface area contributed by atoms with Crippen molar-refractivity contribution in [2.45, 2.75) is 45.6 Å². The lowest BCUT2D eigenvalue weighted by atomic mass is 10.1. The van der Waals surface area contributed by atoms with Gasteiger partial charge in [0.1, 0.15) is 0 Å². The van der Waals surface area contributed by atoms with Gasteiger partial charge in [0, 0.05) is 19.0 Å². The molecule has 1 aliphatic rings. The average Bonchev–Trinajstić information content (AvgIpc) is 3.06. The van der Waals surface area contributed by atoms with E-state index in [-0.39, 0.29) is 0 Å². The topological polar surface area (TPSA) is 33.2 Å². The van der Waals surface area contributed by atoms with Crippen LogP contribution in [0.3, 0.4) is 0 Å². The first-order valence-corrected chi connectivity index (χ1v) is 7.05. The number of rotatable bonds is 5. The Morgan fingerprint density at radius 1 is 1.41 bits per heavy atom. The van der Waals surface area contributed by atoms with Gasteiger partial charge in [0.2, 0.25) is 0 Å². The Labute approximate surface area is 107 Å². The van der Waals surface area contributed by atoms with Crippen LogP contribution in [-0.4, -0.2) is 24.4 Å². The van der Waals surface area contributed by atoms with Crippen molar-refractivity contribution in [3.63, 3.8) is 0 Å². The molecule has 1 fully saturated rings. The Morgan fingerprint density at radius 2 is 2.06 bits per heavy atom. The standard InChI is InChI=1S/C13H20N2OS/c1-8(2)9(3)15(4)13-14-12(10-5-6-10)11(7-16)17-13/h7-10H,5-6H2,1-4H3. The van der Waals surface area contributed by atoms with E-state index in [4.69, 9.17) is 0 Å². The fraction of sp³-hybridized carbons (Fsp3) is 0.692. The Bertz CT molecular complexity index is 410. The summed E-state index contributed by atoms with van der Waals surface area (Å²) in [6.07, 6.45) is 3.34. The summed E-state index contributed by atoms with van der Waals surface area (Å²) in [5, 5.41) is 0.982. The number of carbonyl (C=O) groups is 1. The van der Waals surface area contributed by atoms with Gasteiger partial charge in [-0.3, -0.25) is 4.79 Å². The summed E-state index contributed by atoms with van der Waals surface area (Å²) < 4.78 is 0. The minimum atomic E-state index is 0.438. The highest BCUT2D eigenvalue weighted by atomic mass is 32.1. The third kappa shape index (κ3) is 2.51. The van der Waals surface area contributed by atoms with Crippen molar-refractivity contribution in [1.82, 2.24) is 4.98 Å². The molecule has 3 nitrogen and oxygen atoms in total. The Kier molecular flexibility index (Phi) is 3.52. The van der Waals surface area contributed by atoms with Gasteiger partial charge in [0.05, 0.1) is 10.6 Å². The molecular formula is C13H20N2OS. The van der Waals surface area contributed by atoms with E-state index in [0.717, 1.165) is 22.0 Å². The van der Waals surface area contributed by atoms with Gasteiger partial charge in [-0.1, -0.05) is 25.2 Å². The summed E-state index contributed by atoms with van der Waals surface area (Å²) in [7, 11) is 2.06. The lowest BCUT2D eigenvalue weighted by molar-refractivity contribution is 0.112. The summed E-state index contributed by atoms with van der Waals surface area (Å²) in [6.45, 7) is 6.61. The molecule has 0 bridgehead atoms. The van der Waals surface area contributed by atoms with Crippen LogP contribution in [0, 0.1) is 5.92 Å². The van der Waals surface area contributed by atoms with E-state index in [9.17, 15) is 4.79 Å². The second-order valence-corrected chi connectivity index (χ2v) is 6.24. The molecule has 1 aromatic rings. The van der Waals surface area contributed by atoms with Crippen LogP contribution in [-0.2, 0) is 0 Å². The van der Waals surface area contributed by atoms with Crippen LogP contribution >= 0.6 is 11.3 Å². The van der Waals surface area contributed by atoms with Crippen molar-refractivity contribution in [2.24, 2.45) is 5.92 Å². The van der Waals surface area contributed by atoms with Gasteiger partial charge in [-0.15, -0.1) is 0 Å². The molecule has 1 unspecified atom stereocenters. The Hall–Kier alpha value is -0.900. The zero-order valence-corrected chi connectivity index (χ0v) is 11.8. The van der Waals surface area contributed by atoms with Gasteiger partial charge in [0.25, 0.3) is 0 Å². The van der Waals surface area contributed by atoms with Gasteiger partial charge in [0.15, 0.2) is 11.4 Å². The first-order chi connectivity index (χ1) is 8.04. The lowest BCUT2D eigenvalue weighted by Gasteiger charge is -2.27. The molecule has 1 heterocycles. The lowest BCUT2D eigenvalue weighted by Crippen LogP contribution is -2.33. The molecule has 0 saturated heterocycles. The summed E-state index contributed by atoms with van der Waals surface area (Å²) in [5.74, 6) is 1.12. The van der Waals surface area contributed by atoms with Crippen LogP contribution in [0.5, 0.6) is 0 Å². The molecule has 1 aromatic heterocycles. The van der Waals surface area contributed by atoms with Crippen LogP contribution in [0.1, 0.15) is 54.9 Å². The number of carbonyl (C=O) groups excluding carboxylic acids is 1. The van der Waals surface area contributed by atoms with Crippen LogP contribution in [0.15, 0.2) is 0 Å². The number of hydrogen-bond donors (Lipinski definition) is 0. The van der Waals surface area contributed by atoms with Crippen LogP contribution in [0.25, 0.3) is 0 Å². The predicted molar refractivity (Wildman–Crippen MR) is 72.2 cm³/mol. The van der Waals surface area contributed by atoms with Crippen molar-refractivity contribution >= 4 is 22.8 Å². The smallest absolute Gasteiger partial charge is 0.186 e. The number of aldehydes is 1. The SMILES string of the molecule is CC(C)C(C)N(C)c1nc(C2CC2)c(C=O)s1. The number of thiazole rings is 1. The van der Waals surface area contributed by atoms with E-state index in [1.165, 1.54) is 24.2 Å². The van der Waals surface area contributed by atoms with Crippen molar-refractivity contribution in [3.05, 3.63) is 10.6 Å². The van der Waals surface area contributed by atoms with Crippen LogP contribution in [0.4, 0.5) is 5.13 Å². The van der Waals surface area contributed by atoms with Crippen molar-refractivity contribution in [2.75, 3.05) is 11.9 Å². The van der Waals surface area contributed by atoms with E-state index in [1.54, 1.807) is 0 Å². The van der Waals surface area contributed by atoms with Crippen molar-refractivity contribution in [1.29, 1.82) is 0 Å². The molecule has 0 amide bonds. The number of nitrogens with zero attached hydrogens (tertiary/aromatic N) is 2. The fourth-order valence-electron chi connectivity index (χ4n) is 1.84. The molecule has 0 spiro atoms. The molecule has 17 heavy (non-hydrogen) atoms. The van der Waals surface area contributed by atoms with E-state index < -0.39 is 0 Å². The zero-order valence-electron chi connectivity index (χ0n) is 10.9. The van der Waals surface area contributed by atoms with Gasteiger partial charge in [-0.2, -0.15) is 0 Å². The molecule has 0 N–H and O–H groups in total. The highest BCUT2D eigenvalue weighted by molar-refractivity contribution is 7.17. The summed E-state index contributed by atoms with van der Waals surface area (Å²) in [4.78, 5) is 18.7. The average molecular weight is 252 g/mol. The normalized spacial score (nSPS) is 17.2. The maximum absolute atomic E-state index is 11.1. The fourth-order valence-corrected chi connectivity index (χ4v) is 2.85. The number of aromatic nitrogens is 1. The van der Waals surface area contributed by atoms with Gasteiger partial charge >= 0.3 is 0 Å². The number of hydrogen-bond acceptors (Lipinski definition) is 4. The highest BCUT2D eigenvalue weighted by Gasteiger charge is 2.30. The molecule has 0 radical (unpaired) electrons. The highest BCUT2D eigenvalue weighted by Crippen LogP contribution is 2.43. The monoisotopic (exact) mass is 252 g/mol. The van der Waals surface area contributed by atoms with E-state index in [0.29, 0.717) is 17.9 Å². The van der Waals surface area contributed by atoms with Gasteiger partial charge in [-0.05, 0) is 25.7 Å². The maximum Gasteiger partial charge on any atom is 0.186 e. The Balaban J connectivity index is 2.23. The molecule has 1 aliphatic carbocycles. The van der Waals surface area contributed by atoms with E-state index in [2.05, 4.69) is 37.7 Å². The minimum absolute atomic E-state index is 0.438. The first-order valence-electron chi connectivity index (χ1n) is 6.23. The molecule has 1 saturated carbocycles. The van der Waals surface area contributed by atoms with E-state index in [1.807, 2.05) is 0 Å². The molecule has 0 aliphatic heterocycles. The van der Waals surface area contributed by atoms with Crippen molar-refractivity contribution in [3.8, 4) is 0 Å². The second kappa shape index (κ2) is 4.77. The first kappa shape index (κ1) is 12.6. The van der Waals surface area contributed by atoms with Crippen LogP contribution in [0.2, 0.25) is 0 Å². The van der Waals surface area contributed by atoms with E-state index >= 15 is 0 Å². The second-order valence-electron chi connectivity index (χ2n) is 5.23. The molecule has 2 rings (SSSR count). The third-order valence-electron chi connectivity index (χ3n) is 3.62. The summed E-state index contributed by atoms with van der Waals surface area (Å²) >= 11 is 1.53. The molecular weight excluding hydrogens is 232 g/mol. The molecule has 4 heteroatoms. The molecule has 94 valence electrons. The summed E-state index contributed by atoms with van der Waals surface area (Å²) in [5.41, 5.74) is 1.03. The molecule has 0 aromatic carbocycles. The van der Waals surface area contributed by atoms with Crippen LogP contribution < -0.4 is 4.90 Å². The maximum atomic E-state index is 11.1. The largest absolute Gasteiger partial charge is 0.348 e. The summed E-state index contributed by atoms with van der Waals surface area (Å²) in [6, 6.07) is 0.438. The zero-order chi connectivity index (χ0) is 12.6. The quantitative estimate of drug-likeness (QED) is 0.754. The third-order valence-corrected chi connectivity index (χ3v) is 4.71. The number of anilines is 1. The predicted octanol–water partition coefficient (Wildman–Crippen LogP) is 3.31. The molecule has 1 atom stereocenters. The Morgan fingerprint density at radius 3 is 2.53 bits per heavy atom. The van der Waals surface area contributed by atoms with Crippen molar-refractivity contribution < 1.29 is 4.79 Å². The minimum Gasteiger partial charge on any atom is -0.348 e. The van der Waals surface area contributed by atoms with Gasteiger partial charge in [-0.25, -0.2) is 4.98 Å². The van der Waals surface area contributed by atoms with Gasteiger partial charge < -0.3 is 4.90 Å².